The highest BCUT2D eigenvalue weighted by molar-refractivity contribution is 7.98. The van der Waals surface area contributed by atoms with Gasteiger partial charge < -0.3 is 5.84 Å². The van der Waals surface area contributed by atoms with Crippen molar-refractivity contribution in [3.8, 4) is 11.4 Å². The summed E-state index contributed by atoms with van der Waals surface area (Å²) in [7, 11) is 0. The van der Waals surface area contributed by atoms with Crippen molar-refractivity contribution in [3.63, 3.8) is 0 Å². The molecule has 0 saturated carbocycles. The van der Waals surface area contributed by atoms with Gasteiger partial charge in [-0.25, -0.2) is 13.5 Å². The van der Waals surface area contributed by atoms with Crippen molar-refractivity contribution in [3.05, 3.63) is 65.7 Å². The summed E-state index contributed by atoms with van der Waals surface area (Å²) in [6.45, 7) is 0. The van der Waals surface area contributed by atoms with E-state index in [9.17, 15) is 8.78 Å². The van der Waals surface area contributed by atoms with E-state index in [4.69, 9.17) is 5.84 Å². The molecule has 7 heteroatoms. The Bertz CT molecular complexity index is 804. The molecule has 22 heavy (non-hydrogen) atoms. The largest absolute Gasteiger partial charge is 0.335 e. The molecular weight excluding hydrogens is 306 g/mol. The summed E-state index contributed by atoms with van der Waals surface area (Å²) in [6.07, 6.45) is 0. The number of benzene rings is 2. The molecule has 0 amide bonds. The van der Waals surface area contributed by atoms with Gasteiger partial charge in [0, 0.05) is 11.3 Å². The average molecular weight is 318 g/mol. The van der Waals surface area contributed by atoms with Crippen LogP contribution in [0.1, 0.15) is 5.56 Å². The summed E-state index contributed by atoms with van der Waals surface area (Å²) >= 11 is 1.33. The van der Waals surface area contributed by atoms with Gasteiger partial charge in [0.2, 0.25) is 5.16 Å². The van der Waals surface area contributed by atoms with Gasteiger partial charge in [0.1, 0.15) is 11.6 Å². The van der Waals surface area contributed by atoms with Gasteiger partial charge in [-0.3, -0.25) is 0 Å². The van der Waals surface area contributed by atoms with E-state index in [1.54, 1.807) is 18.2 Å². The van der Waals surface area contributed by atoms with Gasteiger partial charge in [-0.05, 0) is 29.8 Å². The van der Waals surface area contributed by atoms with Crippen molar-refractivity contribution < 1.29 is 8.78 Å². The van der Waals surface area contributed by atoms with Gasteiger partial charge >= 0.3 is 0 Å². The van der Waals surface area contributed by atoms with Crippen LogP contribution < -0.4 is 5.84 Å². The maximum absolute atomic E-state index is 13.3. The number of nitrogens with zero attached hydrogens (tertiary/aromatic N) is 3. The third-order valence-corrected chi connectivity index (χ3v) is 4.02. The summed E-state index contributed by atoms with van der Waals surface area (Å²) in [5, 5.41) is 8.45. The van der Waals surface area contributed by atoms with Crippen LogP contribution in [-0.2, 0) is 5.75 Å². The number of thioether (sulfide) groups is 1. The topological polar surface area (TPSA) is 56.7 Å². The van der Waals surface area contributed by atoms with Gasteiger partial charge in [-0.2, -0.15) is 0 Å². The third-order valence-electron chi connectivity index (χ3n) is 3.00. The van der Waals surface area contributed by atoms with Crippen molar-refractivity contribution >= 4 is 11.8 Å². The normalized spacial score (nSPS) is 10.8. The maximum Gasteiger partial charge on any atom is 0.210 e. The van der Waals surface area contributed by atoms with Crippen molar-refractivity contribution in [2.75, 3.05) is 5.84 Å². The van der Waals surface area contributed by atoms with Gasteiger partial charge in [0.05, 0.1) is 0 Å². The van der Waals surface area contributed by atoms with Crippen LogP contribution in [0.5, 0.6) is 0 Å². The van der Waals surface area contributed by atoms with Crippen LogP contribution >= 0.6 is 11.8 Å². The Labute approximate surface area is 130 Å². The molecule has 0 aliphatic carbocycles. The zero-order valence-electron chi connectivity index (χ0n) is 11.4. The lowest BCUT2D eigenvalue weighted by atomic mass is 10.2. The molecule has 2 aromatic carbocycles. The Balaban J connectivity index is 1.79. The molecular formula is C15H12F2N4S. The van der Waals surface area contributed by atoms with Gasteiger partial charge in [0.15, 0.2) is 5.82 Å². The van der Waals surface area contributed by atoms with Crippen molar-refractivity contribution in [2.24, 2.45) is 0 Å². The van der Waals surface area contributed by atoms with Crippen molar-refractivity contribution in [1.29, 1.82) is 0 Å². The Morgan fingerprint density at radius 1 is 1.00 bits per heavy atom. The molecule has 0 atom stereocenters. The van der Waals surface area contributed by atoms with E-state index in [-0.39, 0.29) is 11.6 Å². The quantitative estimate of drug-likeness (QED) is 0.593. The highest BCUT2D eigenvalue weighted by atomic mass is 32.2. The fourth-order valence-corrected chi connectivity index (χ4v) is 2.77. The summed E-state index contributed by atoms with van der Waals surface area (Å²) in [5.41, 5.74) is 1.37. The molecule has 0 unspecified atom stereocenters. The van der Waals surface area contributed by atoms with Crippen LogP contribution in [0, 0.1) is 11.6 Å². The van der Waals surface area contributed by atoms with E-state index in [0.29, 0.717) is 22.3 Å². The number of aromatic nitrogens is 3. The van der Waals surface area contributed by atoms with Gasteiger partial charge in [-0.1, -0.05) is 36.0 Å². The minimum Gasteiger partial charge on any atom is -0.335 e. The lowest BCUT2D eigenvalue weighted by molar-refractivity contribution is 0.626. The van der Waals surface area contributed by atoms with E-state index in [1.165, 1.54) is 40.7 Å². The molecule has 0 bridgehead atoms. The zero-order valence-corrected chi connectivity index (χ0v) is 12.2. The first-order valence-electron chi connectivity index (χ1n) is 6.47. The summed E-state index contributed by atoms with van der Waals surface area (Å²) in [6, 6.07) is 12.3. The lowest BCUT2D eigenvalue weighted by Gasteiger charge is -2.04. The number of halogens is 2. The Morgan fingerprint density at radius 3 is 2.45 bits per heavy atom. The van der Waals surface area contributed by atoms with E-state index >= 15 is 0 Å². The molecule has 0 aliphatic rings. The molecule has 0 radical (unpaired) electrons. The van der Waals surface area contributed by atoms with Crippen molar-refractivity contribution in [2.45, 2.75) is 10.9 Å². The minimum absolute atomic E-state index is 0.284. The molecule has 1 aromatic heterocycles. The number of rotatable bonds is 4. The first kappa shape index (κ1) is 14.5. The standard InChI is InChI=1S/C15H12F2N4S/c16-12-5-1-3-10(7-12)9-22-15-20-19-14(21(15)18)11-4-2-6-13(17)8-11/h1-8H,9,18H2. The average Bonchev–Trinajstić information content (AvgIpc) is 2.86. The van der Waals surface area contributed by atoms with E-state index < -0.39 is 0 Å². The van der Waals surface area contributed by atoms with Crippen LogP contribution in [0.3, 0.4) is 0 Å². The van der Waals surface area contributed by atoms with E-state index in [2.05, 4.69) is 10.2 Å². The molecule has 3 aromatic rings. The van der Waals surface area contributed by atoms with Gasteiger partial charge in [0.25, 0.3) is 0 Å². The summed E-state index contributed by atoms with van der Waals surface area (Å²) < 4.78 is 27.7. The van der Waals surface area contributed by atoms with Crippen LogP contribution in [0.25, 0.3) is 11.4 Å². The second-order valence-electron chi connectivity index (χ2n) is 4.61. The molecule has 1 heterocycles. The zero-order chi connectivity index (χ0) is 15.5. The van der Waals surface area contributed by atoms with Crippen LogP contribution in [0.4, 0.5) is 8.78 Å². The Morgan fingerprint density at radius 2 is 1.73 bits per heavy atom. The van der Waals surface area contributed by atoms with Crippen LogP contribution in [0.2, 0.25) is 0 Å². The smallest absolute Gasteiger partial charge is 0.210 e. The predicted molar refractivity (Wildman–Crippen MR) is 81.5 cm³/mol. The monoisotopic (exact) mass is 318 g/mol. The highest BCUT2D eigenvalue weighted by Gasteiger charge is 2.12. The van der Waals surface area contributed by atoms with Crippen molar-refractivity contribution in [1.82, 2.24) is 14.9 Å². The molecule has 2 N–H and O–H groups in total. The maximum atomic E-state index is 13.3. The SMILES string of the molecule is Nn1c(SCc2cccc(F)c2)nnc1-c1cccc(F)c1. The lowest BCUT2D eigenvalue weighted by Crippen LogP contribution is -2.11. The predicted octanol–water partition coefficient (Wildman–Crippen LogP) is 3.23. The second-order valence-corrected chi connectivity index (χ2v) is 5.55. The summed E-state index contributed by atoms with van der Waals surface area (Å²) in [5.74, 6) is 6.19. The fraction of sp³-hybridized carbons (Fsp3) is 0.0667. The molecule has 4 nitrogen and oxygen atoms in total. The Kier molecular flexibility index (Phi) is 4.06. The summed E-state index contributed by atoms with van der Waals surface area (Å²) in [4.78, 5) is 0. The molecule has 3 rings (SSSR count). The van der Waals surface area contributed by atoms with Crippen LogP contribution in [0.15, 0.2) is 53.7 Å². The van der Waals surface area contributed by atoms with E-state index in [1.807, 2.05) is 6.07 Å². The number of hydrogen-bond donors (Lipinski definition) is 1. The highest BCUT2D eigenvalue weighted by Crippen LogP contribution is 2.24. The number of hydrogen-bond acceptors (Lipinski definition) is 4. The molecule has 0 aliphatic heterocycles. The Hall–Kier alpha value is -2.41. The molecule has 0 spiro atoms. The molecule has 0 fully saturated rings. The first-order valence-corrected chi connectivity index (χ1v) is 7.46. The van der Waals surface area contributed by atoms with Gasteiger partial charge in [-0.15, -0.1) is 10.2 Å². The first-order chi connectivity index (χ1) is 10.6. The number of nitrogens with two attached hydrogens (primary N) is 1. The van der Waals surface area contributed by atoms with E-state index in [0.717, 1.165) is 5.56 Å². The fourth-order valence-electron chi connectivity index (χ4n) is 1.97. The van der Waals surface area contributed by atoms with Crippen LogP contribution in [-0.4, -0.2) is 14.9 Å². The second kappa shape index (κ2) is 6.15. The molecule has 112 valence electrons. The number of nitrogen functional groups attached to an aromatic ring is 1. The third kappa shape index (κ3) is 3.09. The minimum atomic E-state index is -0.366. The molecule has 0 saturated heterocycles.